The molecule has 28 heavy (non-hydrogen) atoms. The summed E-state index contributed by atoms with van der Waals surface area (Å²) in [7, 11) is -3.36. The molecule has 9 nitrogen and oxygen atoms in total. The molecule has 156 valence electrons. The first-order chi connectivity index (χ1) is 13.4. The molecular formula is C18H27N3O6S. The van der Waals surface area contributed by atoms with E-state index in [-0.39, 0.29) is 29.1 Å². The minimum Gasteiger partial charge on any atom is -0.473 e. The Hall–Kier alpha value is -1.94. The summed E-state index contributed by atoms with van der Waals surface area (Å²) >= 11 is 0. The van der Waals surface area contributed by atoms with Gasteiger partial charge in [0.1, 0.15) is 6.10 Å². The van der Waals surface area contributed by atoms with Gasteiger partial charge in [-0.1, -0.05) is 6.92 Å². The molecule has 0 spiro atoms. The van der Waals surface area contributed by atoms with Crippen LogP contribution in [0.4, 0.5) is 4.79 Å². The van der Waals surface area contributed by atoms with Gasteiger partial charge in [0.05, 0.1) is 30.4 Å². The number of amides is 1. The molecule has 0 radical (unpaired) electrons. The van der Waals surface area contributed by atoms with Crippen molar-refractivity contribution in [1.82, 2.24) is 14.9 Å². The van der Waals surface area contributed by atoms with Crippen molar-refractivity contribution in [3.8, 4) is 5.88 Å². The maximum absolute atomic E-state index is 11.8. The van der Waals surface area contributed by atoms with Crippen molar-refractivity contribution < 1.29 is 27.8 Å². The Morgan fingerprint density at radius 3 is 2.21 bits per heavy atom. The van der Waals surface area contributed by atoms with Crippen molar-refractivity contribution in [3.63, 3.8) is 0 Å². The van der Waals surface area contributed by atoms with E-state index in [1.165, 1.54) is 17.3 Å². The monoisotopic (exact) mass is 413 g/mol. The van der Waals surface area contributed by atoms with E-state index in [2.05, 4.69) is 9.97 Å². The summed E-state index contributed by atoms with van der Waals surface area (Å²) in [6, 6.07) is 0. The van der Waals surface area contributed by atoms with Crippen molar-refractivity contribution in [1.29, 1.82) is 0 Å². The van der Waals surface area contributed by atoms with Crippen molar-refractivity contribution >= 4 is 15.9 Å². The fourth-order valence-corrected chi connectivity index (χ4v) is 4.31. The van der Waals surface area contributed by atoms with Gasteiger partial charge < -0.3 is 19.5 Å². The second-order valence-electron chi connectivity index (χ2n) is 7.22. The first kappa shape index (κ1) is 20.8. The number of carbonyl (C=O) groups is 1. The standard InChI is InChI=1S/C18H27N3O6S/c1-2-28(24,25)17-12-19-16(11-20-17)27-14-5-3-13(4-6-14)26-15-7-9-21(10-8-15)18(22)23/h11-15H,2-10H2,1H3,(H,22,23)/t13-,14-. The number of rotatable bonds is 6. The molecule has 0 bridgehead atoms. The van der Waals surface area contributed by atoms with Crippen LogP contribution >= 0.6 is 0 Å². The zero-order valence-corrected chi connectivity index (χ0v) is 16.8. The SMILES string of the molecule is CCS(=O)(=O)c1cnc(O[C@H]2CC[C@H](OC3CCN(C(=O)O)CC3)CC2)cn1. The normalized spacial score (nSPS) is 24.1. The summed E-state index contributed by atoms with van der Waals surface area (Å²) < 4.78 is 35.5. The van der Waals surface area contributed by atoms with Gasteiger partial charge in [-0.3, -0.25) is 0 Å². The Morgan fingerprint density at radius 1 is 1.07 bits per heavy atom. The fourth-order valence-electron chi connectivity index (χ4n) is 3.59. The minimum absolute atomic E-state index is 0.0108. The van der Waals surface area contributed by atoms with E-state index in [1.54, 1.807) is 6.92 Å². The Bertz CT molecular complexity index is 754. The van der Waals surface area contributed by atoms with Gasteiger partial charge in [-0.25, -0.2) is 23.2 Å². The zero-order chi connectivity index (χ0) is 20.1. The van der Waals surface area contributed by atoms with Crippen LogP contribution in [0.5, 0.6) is 5.88 Å². The van der Waals surface area contributed by atoms with E-state index >= 15 is 0 Å². The van der Waals surface area contributed by atoms with Gasteiger partial charge in [-0.05, 0) is 38.5 Å². The number of sulfone groups is 1. The van der Waals surface area contributed by atoms with E-state index in [1.807, 2.05) is 0 Å². The van der Waals surface area contributed by atoms with Crippen LogP contribution in [0.2, 0.25) is 0 Å². The smallest absolute Gasteiger partial charge is 0.407 e. The predicted molar refractivity (Wildman–Crippen MR) is 100 cm³/mol. The second-order valence-corrected chi connectivity index (χ2v) is 9.44. The Labute approximate surface area is 165 Å². The predicted octanol–water partition coefficient (Wildman–Crippen LogP) is 2.12. The number of carboxylic acid groups (broad SMARTS) is 1. The average molecular weight is 413 g/mol. The summed E-state index contributed by atoms with van der Waals surface area (Å²) in [5.41, 5.74) is 0. The lowest BCUT2D eigenvalue weighted by atomic mass is 9.94. The summed E-state index contributed by atoms with van der Waals surface area (Å²) in [5.74, 6) is 0.321. The van der Waals surface area contributed by atoms with E-state index in [0.717, 1.165) is 38.5 Å². The molecule has 1 aromatic rings. The minimum atomic E-state index is -3.36. The molecule has 2 fully saturated rings. The van der Waals surface area contributed by atoms with Crippen LogP contribution < -0.4 is 4.74 Å². The van der Waals surface area contributed by atoms with Gasteiger partial charge in [0.2, 0.25) is 5.88 Å². The van der Waals surface area contributed by atoms with Gasteiger partial charge in [-0.2, -0.15) is 0 Å². The van der Waals surface area contributed by atoms with Gasteiger partial charge in [0.25, 0.3) is 0 Å². The lowest BCUT2D eigenvalue weighted by Gasteiger charge is -2.35. The third-order valence-electron chi connectivity index (χ3n) is 5.31. The van der Waals surface area contributed by atoms with Crippen molar-refractivity contribution in [2.24, 2.45) is 0 Å². The molecule has 1 aliphatic heterocycles. The fraction of sp³-hybridized carbons (Fsp3) is 0.722. The Balaban J connectivity index is 1.41. The summed E-state index contributed by atoms with van der Waals surface area (Å²) in [4.78, 5) is 20.4. The van der Waals surface area contributed by atoms with Gasteiger partial charge in [0.15, 0.2) is 14.9 Å². The highest BCUT2D eigenvalue weighted by Gasteiger charge is 2.28. The molecule has 0 aromatic carbocycles. The van der Waals surface area contributed by atoms with Crippen LogP contribution in [0.15, 0.2) is 17.4 Å². The lowest BCUT2D eigenvalue weighted by Crippen LogP contribution is -2.41. The molecular weight excluding hydrogens is 386 g/mol. The molecule has 1 N–H and O–H groups in total. The maximum atomic E-state index is 11.8. The van der Waals surface area contributed by atoms with Crippen LogP contribution in [0.3, 0.4) is 0 Å². The number of hydrogen-bond acceptors (Lipinski definition) is 7. The van der Waals surface area contributed by atoms with Crippen LogP contribution in [0, 0.1) is 0 Å². The van der Waals surface area contributed by atoms with E-state index < -0.39 is 15.9 Å². The second kappa shape index (κ2) is 9.04. The summed E-state index contributed by atoms with van der Waals surface area (Å²) in [5, 5.41) is 8.96. The first-order valence-electron chi connectivity index (χ1n) is 9.72. The maximum Gasteiger partial charge on any atom is 0.407 e. The van der Waals surface area contributed by atoms with Crippen LogP contribution in [-0.4, -0.2) is 71.6 Å². The number of nitrogens with zero attached hydrogens (tertiary/aromatic N) is 3. The first-order valence-corrected chi connectivity index (χ1v) is 11.4. The zero-order valence-electron chi connectivity index (χ0n) is 16.0. The molecule has 10 heteroatoms. The molecule has 1 aliphatic carbocycles. The highest BCUT2D eigenvalue weighted by atomic mass is 32.2. The van der Waals surface area contributed by atoms with Crippen molar-refractivity contribution in [2.75, 3.05) is 18.8 Å². The Kier molecular flexibility index (Phi) is 6.71. The van der Waals surface area contributed by atoms with Crippen LogP contribution in [0.25, 0.3) is 0 Å². The van der Waals surface area contributed by atoms with E-state index in [0.29, 0.717) is 19.0 Å². The van der Waals surface area contributed by atoms with Crippen LogP contribution in [0.1, 0.15) is 45.4 Å². The van der Waals surface area contributed by atoms with Gasteiger partial charge in [0, 0.05) is 13.1 Å². The number of hydrogen-bond donors (Lipinski definition) is 1. The molecule has 0 unspecified atom stereocenters. The largest absolute Gasteiger partial charge is 0.473 e. The summed E-state index contributed by atoms with van der Waals surface area (Å²) in [6.45, 7) is 2.62. The average Bonchev–Trinajstić information content (AvgIpc) is 2.70. The van der Waals surface area contributed by atoms with Gasteiger partial charge >= 0.3 is 6.09 Å². The van der Waals surface area contributed by atoms with Crippen LogP contribution in [-0.2, 0) is 14.6 Å². The highest BCUT2D eigenvalue weighted by molar-refractivity contribution is 7.91. The summed E-state index contributed by atoms with van der Waals surface area (Å²) in [6.07, 6.45) is 6.94. The van der Waals surface area contributed by atoms with Crippen molar-refractivity contribution in [2.45, 2.75) is 68.8 Å². The third kappa shape index (κ3) is 5.32. The molecule has 2 aliphatic rings. The van der Waals surface area contributed by atoms with Crippen molar-refractivity contribution in [3.05, 3.63) is 12.4 Å². The number of likely N-dealkylation sites (tertiary alicyclic amines) is 1. The number of ether oxygens (including phenoxy) is 2. The Morgan fingerprint density at radius 2 is 1.68 bits per heavy atom. The molecule has 1 aromatic heterocycles. The highest BCUT2D eigenvalue weighted by Crippen LogP contribution is 2.27. The molecule has 3 rings (SSSR count). The number of aromatic nitrogens is 2. The number of piperidine rings is 1. The molecule has 2 heterocycles. The van der Waals surface area contributed by atoms with Gasteiger partial charge in [-0.15, -0.1) is 0 Å². The van der Waals surface area contributed by atoms with E-state index in [9.17, 15) is 13.2 Å². The molecule has 0 atom stereocenters. The third-order valence-corrected chi connectivity index (χ3v) is 6.92. The molecule has 1 saturated carbocycles. The molecule has 1 amide bonds. The van der Waals surface area contributed by atoms with E-state index in [4.69, 9.17) is 14.6 Å². The lowest BCUT2D eigenvalue weighted by molar-refractivity contribution is -0.0644. The topological polar surface area (TPSA) is 119 Å². The quantitative estimate of drug-likeness (QED) is 0.753. The molecule has 1 saturated heterocycles.